The van der Waals surface area contributed by atoms with Crippen LogP contribution in [0.1, 0.15) is 12.0 Å². The summed E-state index contributed by atoms with van der Waals surface area (Å²) < 4.78 is 5.15. The minimum Gasteiger partial charge on any atom is -0.443 e. The number of carbonyl (C=O) groups is 1. The topological polar surface area (TPSA) is 75.4 Å². The van der Waals surface area contributed by atoms with Crippen molar-refractivity contribution in [2.45, 2.75) is 13.0 Å². The van der Waals surface area contributed by atoms with Gasteiger partial charge in [-0.25, -0.2) is 4.98 Å². The lowest BCUT2D eigenvalue weighted by molar-refractivity contribution is -0.121. The molecule has 1 aromatic carbocycles. The summed E-state index contributed by atoms with van der Waals surface area (Å²) >= 11 is 0. The predicted molar refractivity (Wildman–Crippen MR) is 57.6 cm³/mol. The number of oxazole rings is 1. The van der Waals surface area contributed by atoms with Gasteiger partial charge < -0.3 is 14.8 Å². The Morgan fingerprint density at radius 3 is 3.19 bits per heavy atom. The fraction of sp³-hybridized carbons (Fsp3) is 0.273. The highest BCUT2D eigenvalue weighted by molar-refractivity contribution is 5.76. The Bertz CT molecular complexity index is 493. The van der Waals surface area contributed by atoms with Gasteiger partial charge in [-0.15, -0.1) is 0 Å². The molecular weight excluding hydrogens is 208 g/mol. The average molecular weight is 220 g/mol. The molecule has 0 saturated heterocycles. The smallest absolute Gasteiger partial charge is 0.222 e. The van der Waals surface area contributed by atoms with E-state index in [0.29, 0.717) is 12.1 Å². The van der Waals surface area contributed by atoms with E-state index in [1.54, 1.807) is 0 Å². The SMILES string of the molecule is O=C(CCO)NCc1ccc2ncoc2c1. The van der Waals surface area contributed by atoms with Gasteiger partial charge in [0.1, 0.15) is 5.52 Å². The molecule has 0 fully saturated rings. The van der Waals surface area contributed by atoms with Crippen LogP contribution in [0.4, 0.5) is 0 Å². The van der Waals surface area contributed by atoms with Gasteiger partial charge in [0, 0.05) is 13.0 Å². The van der Waals surface area contributed by atoms with Gasteiger partial charge in [-0.3, -0.25) is 4.79 Å². The van der Waals surface area contributed by atoms with Gasteiger partial charge in [0.15, 0.2) is 12.0 Å². The summed E-state index contributed by atoms with van der Waals surface area (Å²) in [5.74, 6) is -0.167. The molecule has 2 rings (SSSR count). The summed E-state index contributed by atoms with van der Waals surface area (Å²) in [6, 6.07) is 5.55. The molecule has 0 aliphatic carbocycles. The van der Waals surface area contributed by atoms with Crippen LogP contribution < -0.4 is 5.32 Å². The van der Waals surface area contributed by atoms with Crippen LogP contribution in [0.15, 0.2) is 29.0 Å². The predicted octanol–water partition coefficient (Wildman–Crippen LogP) is 0.826. The van der Waals surface area contributed by atoms with E-state index >= 15 is 0 Å². The lowest BCUT2D eigenvalue weighted by Gasteiger charge is -2.03. The zero-order valence-corrected chi connectivity index (χ0v) is 8.64. The minimum absolute atomic E-state index is 0.130. The second kappa shape index (κ2) is 4.76. The number of nitrogens with one attached hydrogen (secondary N) is 1. The summed E-state index contributed by atoms with van der Waals surface area (Å²) in [6.45, 7) is 0.294. The summed E-state index contributed by atoms with van der Waals surface area (Å²) in [5.41, 5.74) is 2.44. The van der Waals surface area contributed by atoms with E-state index in [4.69, 9.17) is 9.52 Å². The molecule has 2 N–H and O–H groups in total. The third kappa shape index (κ3) is 2.38. The van der Waals surface area contributed by atoms with Crippen LogP contribution in [0, 0.1) is 0 Å². The van der Waals surface area contributed by atoms with Crippen LogP contribution in [0.2, 0.25) is 0 Å². The number of aliphatic hydroxyl groups excluding tert-OH is 1. The second-order valence-corrected chi connectivity index (χ2v) is 3.40. The standard InChI is InChI=1S/C11H12N2O3/c14-4-3-11(15)12-6-8-1-2-9-10(5-8)16-7-13-9/h1-2,5,7,14H,3-4,6H2,(H,12,15). The van der Waals surface area contributed by atoms with Crippen LogP contribution in [-0.4, -0.2) is 22.6 Å². The minimum atomic E-state index is -0.167. The first-order valence-electron chi connectivity index (χ1n) is 4.99. The molecule has 1 aromatic heterocycles. The van der Waals surface area contributed by atoms with Crippen molar-refractivity contribution in [2.24, 2.45) is 0 Å². The number of amides is 1. The Balaban J connectivity index is 2.01. The summed E-state index contributed by atoms with van der Waals surface area (Å²) in [6.07, 6.45) is 1.52. The van der Waals surface area contributed by atoms with Gasteiger partial charge in [-0.05, 0) is 17.7 Å². The molecule has 0 bridgehead atoms. The van der Waals surface area contributed by atoms with Crippen molar-refractivity contribution >= 4 is 17.0 Å². The van der Waals surface area contributed by atoms with Crippen molar-refractivity contribution in [1.29, 1.82) is 0 Å². The molecule has 5 heteroatoms. The molecule has 0 aliphatic rings. The first-order chi connectivity index (χ1) is 7.79. The first kappa shape index (κ1) is 10.6. The Morgan fingerprint density at radius 1 is 1.50 bits per heavy atom. The number of hydrogen-bond donors (Lipinski definition) is 2. The Labute approximate surface area is 92.1 Å². The Morgan fingerprint density at radius 2 is 2.38 bits per heavy atom. The highest BCUT2D eigenvalue weighted by atomic mass is 16.3. The number of benzene rings is 1. The molecule has 0 radical (unpaired) electrons. The summed E-state index contributed by atoms with van der Waals surface area (Å²) in [5, 5.41) is 11.3. The van der Waals surface area contributed by atoms with E-state index in [9.17, 15) is 4.79 Å². The maximum absolute atomic E-state index is 11.1. The molecule has 0 spiro atoms. The Kier molecular flexibility index (Phi) is 3.16. The van der Waals surface area contributed by atoms with E-state index in [0.717, 1.165) is 11.1 Å². The van der Waals surface area contributed by atoms with Crippen molar-refractivity contribution in [3.63, 3.8) is 0 Å². The molecule has 1 heterocycles. The maximum atomic E-state index is 11.1. The van der Waals surface area contributed by atoms with Crippen LogP contribution in [0.3, 0.4) is 0 Å². The van der Waals surface area contributed by atoms with Gasteiger partial charge >= 0.3 is 0 Å². The number of hydrogen-bond acceptors (Lipinski definition) is 4. The van der Waals surface area contributed by atoms with Crippen LogP contribution in [0.25, 0.3) is 11.1 Å². The van der Waals surface area contributed by atoms with Crippen LogP contribution >= 0.6 is 0 Å². The Hall–Kier alpha value is -1.88. The number of carbonyl (C=O) groups excluding carboxylic acids is 1. The summed E-state index contributed by atoms with van der Waals surface area (Å²) in [4.78, 5) is 15.1. The fourth-order valence-corrected chi connectivity index (χ4v) is 1.40. The van der Waals surface area contributed by atoms with Crippen LogP contribution in [0.5, 0.6) is 0 Å². The van der Waals surface area contributed by atoms with Gasteiger partial charge in [0.25, 0.3) is 0 Å². The first-order valence-corrected chi connectivity index (χ1v) is 4.99. The van der Waals surface area contributed by atoms with Crippen molar-refractivity contribution in [3.8, 4) is 0 Å². The highest BCUT2D eigenvalue weighted by Gasteiger charge is 2.02. The third-order valence-corrected chi connectivity index (χ3v) is 2.22. The lowest BCUT2D eigenvalue weighted by Crippen LogP contribution is -2.23. The number of aromatic nitrogens is 1. The quantitative estimate of drug-likeness (QED) is 0.800. The molecule has 84 valence electrons. The average Bonchev–Trinajstić information content (AvgIpc) is 2.74. The van der Waals surface area contributed by atoms with Crippen molar-refractivity contribution in [1.82, 2.24) is 10.3 Å². The molecular formula is C11H12N2O3. The molecule has 2 aromatic rings. The molecule has 0 atom stereocenters. The second-order valence-electron chi connectivity index (χ2n) is 3.40. The van der Waals surface area contributed by atoms with Gasteiger partial charge in [-0.2, -0.15) is 0 Å². The van der Waals surface area contributed by atoms with Gasteiger partial charge in [0.2, 0.25) is 5.91 Å². The number of fused-ring (bicyclic) bond motifs is 1. The third-order valence-electron chi connectivity index (χ3n) is 2.22. The molecule has 0 unspecified atom stereocenters. The number of aliphatic hydroxyl groups is 1. The lowest BCUT2D eigenvalue weighted by atomic mass is 10.2. The normalized spacial score (nSPS) is 10.6. The molecule has 1 amide bonds. The van der Waals surface area contributed by atoms with E-state index in [1.807, 2.05) is 18.2 Å². The van der Waals surface area contributed by atoms with E-state index in [2.05, 4.69) is 10.3 Å². The molecule has 16 heavy (non-hydrogen) atoms. The summed E-state index contributed by atoms with van der Waals surface area (Å²) in [7, 11) is 0. The van der Waals surface area contributed by atoms with Gasteiger partial charge in [-0.1, -0.05) is 6.07 Å². The maximum Gasteiger partial charge on any atom is 0.222 e. The highest BCUT2D eigenvalue weighted by Crippen LogP contribution is 2.13. The number of rotatable bonds is 4. The zero-order valence-electron chi connectivity index (χ0n) is 8.64. The van der Waals surface area contributed by atoms with E-state index in [1.165, 1.54) is 6.39 Å². The van der Waals surface area contributed by atoms with Crippen LogP contribution in [-0.2, 0) is 11.3 Å². The zero-order chi connectivity index (χ0) is 11.4. The van der Waals surface area contributed by atoms with Crippen molar-refractivity contribution in [2.75, 3.05) is 6.61 Å². The number of nitrogens with zero attached hydrogens (tertiary/aromatic N) is 1. The molecule has 0 aliphatic heterocycles. The monoisotopic (exact) mass is 220 g/mol. The van der Waals surface area contributed by atoms with Crippen molar-refractivity contribution < 1.29 is 14.3 Å². The molecule has 5 nitrogen and oxygen atoms in total. The van der Waals surface area contributed by atoms with Gasteiger partial charge in [0.05, 0.1) is 6.61 Å². The van der Waals surface area contributed by atoms with E-state index in [-0.39, 0.29) is 18.9 Å². The molecule has 0 saturated carbocycles. The largest absolute Gasteiger partial charge is 0.443 e. The van der Waals surface area contributed by atoms with Crippen molar-refractivity contribution in [3.05, 3.63) is 30.2 Å². The van der Waals surface area contributed by atoms with E-state index < -0.39 is 0 Å². The fourth-order valence-electron chi connectivity index (χ4n) is 1.40.